The number of thiophene rings is 1. The Morgan fingerprint density at radius 2 is 2.25 bits per heavy atom. The molecule has 1 N–H and O–H groups in total. The van der Waals surface area contributed by atoms with E-state index in [0.717, 1.165) is 32.6 Å². The molecule has 0 aliphatic heterocycles. The van der Waals surface area contributed by atoms with Crippen LogP contribution in [0.5, 0.6) is 0 Å². The molecular formula is C13H14IN5S. The number of nitrogens with zero attached hydrogens (tertiary/aromatic N) is 4. The molecule has 104 valence electrons. The summed E-state index contributed by atoms with van der Waals surface area (Å²) in [5, 5.41) is 8.67. The maximum absolute atomic E-state index is 4.62. The van der Waals surface area contributed by atoms with Gasteiger partial charge >= 0.3 is 0 Å². The lowest BCUT2D eigenvalue weighted by atomic mass is 10.3. The second kappa shape index (κ2) is 5.65. The van der Waals surface area contributed by atoms with E-state index in [1.54, 1.807) is 11.3 Å². The predicted octanol–water partition coefficient (Wildman–Crippen LogP) is 3.61. The van der Waals surface area contributed by atoms with Gasteiger partial charge in [0.1, 0.15) is 4.83 Å². The van der Waals surface area contributed by atoms with Crippen molar-refractivity contribution in [3.8, 4) is 5.82 Å². The molecule has 3 rings (SSSR count). The molecule has 0 aliphatic carbocycles. The van der Waals surface area contributed by atoms with E-state index in [-0.39, 0.29) is 0 Å². The Balaban J connectivity index is 2.16. The second-order valence-electron chi connectivity index (χ2n) is 4.48. The molecule has 20 heavy (non-hydrogen) atoms. The van der Waals surface area contributed by atoms with Crippen molar-refractivity contribution in [2.45, 2.75) is 20.3 Å². The number of nitrogens with one attached hydrogen (secondary N) is 1. The SMILES string of the molecule is CCCNc1nc(-n2cc(I)cn2)c2cc(C)sc2n1. The van der Waals surface area contributed by atoms with Gasteiger partial charge in [0.25, 0.3) is 0 Å². The van der Waals surface area contributed by atoms with Crippen LogP contribution in [-0.4, -0.2) is 26.3 Å². The van der Waals surface area contributed by atoms with Gasteiger partial charge < -0.3 is 5.32 Å². The van der Waals surface area contributed by atoms with Crippen LogP contribution in [0.4, 0.5) is 5.95 Å². The maximum Gasteiger partial charge on any atom is 0.226 e. The van der Waals surface area contributed by atoms with E-state index in [1.807, 2.05) is 17.1 Å². The van der Waals surface area contributed by atoms with Crippen LogP contribution in [0.15, 0.2) is 18.5 Å². The summed E-state index contributed by atoms with van der Waals surface area (Å²) >= 11 is 3.93. The van der Waals surface area contributed by atoms with Gasteiger partial charge in [0, 0.05) is 17.6 Å². The van der Waals surface area contributed by atoms with Crippen LogP contribution in [0.3, 0.4) is 0 Å². The van der Waals surface area contributed by atoms with Crippen LogP contribution >= 0.6 is 33.9 Å². The first-order chi connectivity index (χ1) is 9.67. The number of hydrogen-bond donors (Lipinski definition) is 1. The third-order valence-corrected chi connectivity index (χ3v) is 4.30. The predicted molar refractivity (Wildman–Crippen MR) is 90.8 cm³/mol. The Morgan fingerprint density at radius 3 is 2.95 bits per heavy atom. The summed E-state index contributed by atoms with van der Waals surface area (Å²) in [7, 11) is 0. The van der Waals surface area contributed by atoms with Gasteiger partial charge in [-0.25, -0.2) is 9.67 Å². The van der Waals surface area contributed by atoms with E-state index in [4.69, 9.17) is 0 Å². The largest absolute Gasteiger partial charge is 0.354 e. The minimum Gasteiger partial charge on any atom is -0.354 e. The van der Waals surface area contributed by atoms with Gasteiger partial charge in [0.05, 0.1) is 15.2 Å². The van der Waals surface area contributed by atoms with Crippen molar-refractivity contribution < 1.29 is 0 Å². The zero-order chi connectivity index (χ0) is 14.1. The summed E-state index contributed by atoms with van der Waals surface area (Å²) in [6.07, 6.45) is 4.84. The lowest BCUT2D eigenvalue weighted by Gasteiger charge is -2.07. The van der Waals surface area contributed by atoms with E-state index in [2.05, 4.69) is 62.9 Å². The molecule has 0 unspecified atom stereocenters. The van der Waals surface area contributed by atoms with Gasteiger partial charge in [0.15, 0.2) is 5.82 Å². The summed E-state index contributed by atoms with van der Waals surface area (Å²) in [6, 6.07) is 2.12. The molecule has 0 radical (unpaired) electrons. The Bertz CT molecular complexity index is 748. The fourth-order valence-corrected chi connectivity index (χ4v) is 3.20. The molecular weight excluding hydrogens is 385 g/mol. The van der Waals surface area contributed by atoms with Crippen LogP contribution in [0.25, 0.3) is 16.0 Å². The van der Waals surface area contributed by atoms with Crippen molar-refractivity contribution in [3.05, 3.63) is 26.9 Å². The lowest BCUT2D eigenvalue weighted by Crippen LogP contribution is -2.07. The standard InChI is InChI=1S/C13H14IN5S/c1-3-4-15-13-17-11(19-7-9(14)6-16-19)10-5-8(2)20-12(10)18-13/h5-7H,3-4H2,1-2H3,(H,15,17,18). The van der Waals surface area contributed by atoms with Gasteiger partial charge in [-0.15, -0.1) is 11.3 Å². The molecule has 0 atom stereocenters. The van der Waals surface area contributed by atoms with E-state index in [9.17, 15) is 0 Å². The molecule has 5 nitrogen and oxygen atoms in total. The van der Waals surface area contributed by atoms with Gasteiger partial charge in [0.2, 0.25) is 5.95 Å². The number of aryl methyl sites for hydroxylation is 1. The normalized spacial score (nSPS) is 11.2. The monoisotopic (exact) mass is 399 g/mol. The van der Waals surface area contributed by atoms with Crippen LogP contribution in [0, 0.1) is 10.5 Å². The zero-order valence-electron chi connectivity index (χ0n) is 11.2. The van der Waals surface area contributed by atoms with Crippen molar-refractivity contribution >= 4 is 50.1 Å². The zero-order valence-corrected chi connectivity index (χ0v) is 14.2. The molecule has 0 spiro atoms. The van der Waals surface area contributed by atoms with E-state index in [1.165, 1.54) is 4.88 Å². The highest BCUT2D eigenvalue weighted by Gasteiger charge is 2.12. The van der Waals surface area contributed by atoms with Gasteiger partial charge in [-0.2, -0.15) is 10.1 Å². The highest BCUT2D eigenvalue weighted by molar-refractivity contribution is 14.1. The minimum atomic E-state index is 0.668. The molecule has 0 bridgehead atoms. The molecule has 3 aromatic heterocycles. The van der Waals surface area contributed by atoms with Gasteiger partial charge in [-0.1, -0.05) is 6.92 Å². The van der Waals surface area contributed by atoms with Crippen molar-refractivity contribution in [1.82, 2.24) is 19.7 Å². The maximum atomic E-state index is 4.62. The number of hydrogen-bond acceptors (Lipinski definition) is 5. The molecule has 0 saturated heterocycles. The molecule has 0 aromatic carbocycles. The molecule has 0 fully saturated rings. The molecule has 0 amide bonds. The Hall–Kier alpha value is -1.22. The smallest absolute Gasteiger partial charge is 0.226 e. The third kappa shape index (κ3) is 2.64. The molecule has 3 aromatic rings. The minimum absolute atomic E-state index is 0.668. The van der Waals surface area contributed by atoms with Crippen molar-refractivity contribution in [3.63, 3.8) is 0 Å². The number of aromatic nitrogens is 4. The number of rotatable bonds is 4. The van der Waals surface area contributed by atoms with Crippen molar-refractivity contribution in [1.29, 1.82) is 0 Å². The summed E-state index contributed by atoms with van der Waals surface area (Å²) < 4.78 is 2.90. The average Bonchev–Trinajstić information content (AvgIpc) is 3.00. The van der Waals surface area contributed by atoms with Crippen molar-refractivity contribution in [2.24, 2.45) is 0 Å². The molecule has 0 saturated carbocycles. The Morgan fingerprint density at radius 1 is 1.40 bits per heavy atom. The summed E-state index contributed by atoms with van der Waals surface area (Å²) in [6.45, 7) is 5.08. The first-order valence-electron chi connectivity index (χ1n) is 6.40. The van der Waals surface area contributed by atoms with Crippen LogP contribution < -0.4 is 5.32 Å². The van der Waals surface area contributed by atoms with E-state index < -0.39 is 0 Å². The fourth-order valence-electron chi connectivity index (χ4n) is 1.93. The highest BCUT2D eigenvalue weighted by atomic mass is 127. The van der Waals surface area contributed by atoms with E-state index in [0.29, 0.717) is 5.95 Å². The second-order valence-corrected chi connectivity index (χ2v) is 6.96. The number of fused-ring (bicyclic) bond motifs is 1. The molecule has 7 heteroatoms. The first kappa shape index (κ1) is 13.7. The van der Waals surface area contributed by atoms with Gasteiger partial charge in [-0.05, 0) is 42.0 Å². The van der Waals surface area contributed by atoms with Gasteiger partial charge in [-0.3, -0.25) is 0 Å². The quantitative estimate of drug-likeness (QED) is 0.681. The molecule has 3 heterocycles. The van der Waals surface area contributed by atoms with Crippen molar-refractivity contribution in [2.75, 3.05) is 11.9 Å². The Kier molecular flexibility index (Phi) is 3.88. The van der Waals surface area contributed by atoms with Crippen LogP contribution in [0.1, 0.15) is 18.2 Å². The highest BCUT2D eigenvalue weighted by Crippen LogP contribution is 2.28. The topological polar surface area (TPSA) is 55.6 Å². The lowest BCUT2D eigenvalue weighted by molar-refractivity contribution is 0.848. The first-order valence-corrected chi connectivity index (χ1v) is 8.29. The van der Waals surface area contributed by atoms with Crippen LogP contribution in [-0.2, 0) is 0 Å². The molecule has 0 aliphatic rings. The van der Waals surface area contributed by atoms with Crippen LogP contribution in [0.2, 0.25) is 0 Å². The average molecular weight is 399 g/mol. The van der Waals surface area contributed by atoms with E-state index >= 15 is 0 Å². The third-order valence-electron chi connectivity index (χ3n) is 2.80. The summed E-state index contributed by atoms with van der Waals surface area (Å²) in [5.74, 6) is 1.50. The number of halogens is 1. The fraction of sp³-hybridized carbons (Fsp3) is 0.308. The Labute approximate surface area is 134 Å². The number of anilines is 1. The summed E-state index contributed by atoms with van der Waals surface area (Å²) in [5.41, 5.74) is 0. The summed E-state index contributed by atoms with van der Waals surface area (Å²) in [4.78, 5) is 11.4.